The van der Waals surface area contributed by atoms with E-state index in [1.54, 1.807) is 37.3 Å². The van der Waals surface area contributed by atoms with E-state index in [1.165, 1.54) is 6.07 Å². The van der Waals surface area contributed by atoms with Crippen molar-refractivity contribution in [3.8, 4) is 11.5 Å². The highest BCUT2D eigenvalue weighted by atomic mass is 32.1. The fourth-order valence-corrected chi connectivity index (χ4v) is 2.39. The molecule has 1 aliphatic heterocycles. The minimum Gasteiger partial charge on any atom is -0.454 e. The molecule has 7 nitrogen and oxygen atoms in total. The molecule has 23 heavy (non-hydrogen) atoms. The maximum Gasteiger partial charge on any atom is 0.274 e. The van der Waals surface area contributed by atoms with Crippen LogP contribution < -0.4 is 20.1 Å². The molecule has 0 bridgehead atoms. The average Bonchev–Trinajstić information content (AvgIpc) is 2.96. The summed E-state index contributed by atoms with van der Waals surface area (Å²) in [6, 6.07) is 10.2. The molecule has 0 spiro atoms. The van der Waals surface area contributed by atoms with Gasteiger partial charge in [0, 0.05) is 29.1 Å². The number of hydrogen-bond donors (Lipinski definition) is 2. The van der Waals surface area contributed by atoms with Crippen molar-refractivity contribution in [3.63, 3.8) is 0 Å². The van der Waals surface area contributed by atoms with Crippen LogP contribution in [0.1, 0.15) is 5.56 Å². The van der Waals surface area contributed by atoms with Gasteiger partial charge in [-0.15, -0.1) is 0 Å². The van der Waals surface area contributed by atoms with Crippen LogP contribution in [0.3, 0.4) is 0 Å². The van der Waals surface area contributed by atoms with E-state index in [-0.39, 0.29) is 12.5 Å². The molecule has 0 atom stereocenters. The largest absolute Gasteiger partial charge is 0.454 e. The highest BCUT2D eigenvalue weighted by Gasteiger charge is 2.14. The van der Waals surface area contributed by atoms with Crippen molar-refractivity contribution < 1.29 is 14.4 Å². The molecule has 3 rings (SSSR count). The van der Waals surface area contributed by atoms with Crippen LogP contribution in [-0.2, 0) is 0 Å². The number of nitro benzene ring substituents is 1. The second-order valence-corrected chi connectivity index (χ2v) is 5.31. The molecule has 8 heteroatoms. The molecule has 0 unspecified atom stereocenters. The Morgan fingerprint density at radius 1 is 1.13 bits per heavy atom. The second-order valence-electron chi connectivity index (χ2n) is 4.91. The van der Waals surface area contributed by atoms with Crippen molar-refractivity contribution in [1.29, 1.82) is 0 Å². The van der Waals surface area contributed by atoms with Crippen molar-refractivity contribution in [1.82, 2.24) is 0 Å². The maximum atomic E-state index is 11.0. The van der Waals surface area contributed by atoms with E-state index in [0.717, 1.165) is 5.69 Å². The quantitative estimate of drug-likeness (QED) is 0.506. The molecule has 0 saturated heterocycles. The lowest BCUT2D eigenvalue weighted by Crippen LogP contribution is -2.19. The number of nitrogens with one attached hydrogen (secondary N) is 2. The zero-order valence-corrected chi connectivity index (χ0v) is 13.0. The van der Waals surface area contributed by atoms with Gasteiger partial charge in [-0.05, 0) is 37.3 Å². The zero-order chi connectivity index (χ0) is 16.4. The van der Waals surface area contributed by atoms with Gasteiger partial charge in [-0.25, -0.2) is 0 Å². The van der Waals surface area contributed by atoms with E-state index in [0.29, 0.717) is 27.9 Å². The van der Waals surface area contributed by atoms with Gasteiger partial charge in [-0.2, -0.15) is 0 Å². The summed E-state index contributed by atoms with van der Waals surface area (Å²) < 4.78 is 10.5. The molecule has 0 saturated carbocycles. The van der Waals surface area contributed by atoms with Crippen molar-refractivity contribution in [2.45, 2.75) is 6.92 Å². The number of nitrogens with zero attached hydrogens (tertiary/aromatic N) is 1. The number of ether oxygens (including phenoxy) is 2. The normalized spacial score (nSPS) is 11.9. The lowest BCUT2D eigenvalue weighted by Gasteiger charge is -2.11. The lowest BCUT2D eigenvalue weighted by atomic mass is 10.2. The lowest BCUT2D eigenvalue weighted by molar-refractivity contribution is -0.385. The molecule has 1 aliphatic rings. The van der Waals surface area contributed by atoms with E-state index in [9.17, 15) is 10.1 Å². The van der Waals surface area contributed by atoms with Gasteiger partial charge in [0.15, 0.2) is 16.6 Å². The Morgan fingerprint density at radius 2 is 1.78 bits per heavy atom. The Labute approximate surface area is 137 Å². The van der Waals surface area contributed by atoms with Gasteiger partial charge in [0.2, 0.25) is 6.79 Å². The van der Waals surface area contributed by atoms with Gasteiger partial charge in [0.1, 0.15) is 0 Å². The molecule has 2 aromatic carbocycles. The Morgan fingerprint density at radius 3 is 2.52 bits per heavy atom. The number of rotatable bonds is 3. The molecular formula is C15H13N3O4S. The molecule has 0 aromatic heterocycles. The van der Waals surface area contributed by atoms with Crippen LogP contribution >= 0.6 is 12.2 Å². The third-order valence-electron chi connectivity index (χ3n) is 3.29. The van der Waals surface area contributed by atoms with Gasteiger partial charge >= 0.3 is 0 Å². The Balaban J connectivity index is 1.70. The summed E-state index contributed by atoms with van der Waals surface area (Å²) in [6.45, 7) is 1.89. The molecule has 2 aromatic rings. The van der Waals surface area contributed by atoms with E-state index in [2.05, 4.69) is 10.6 Å². The number of nitro groups is 1. The van der Waals surface area contributed by atoms with Gasteiger partial charge in [-0.3, -0.25) is 10.1 Å². The summed E-state index contributed by atoms with van der Waals surface area (Å²) in [7, 11) is 0. The van der Waals surface area contributed by atoms with Crippen molar-refractivity contribution in [2.75, 3.05) is 17.4 Å². The summed E-state index contributed by atoms with van der Waals surface area (Å²) in [5, 5.41) is 17.2. The Kier molecular flexibility index (Phi) is 3.98. The van der Waals surface area contributed by atoms with Crippen LogP contribution in [0.25, 0.3) is 0 Å². The highest BCUT2D eigenvalue weighted by Crippen LogP contribution is 2.34. The van der Waals surface area contributed by atoms with Crippen molar-refractivity contribution in [3.05, 3.63) is 52.1 Å². The number of aryl methyl sites for hydroxylation is 1. The summed E-state index contributed by atoms with van der Waals surface area (Å²) >= 11 is 5.22. The van der Waals surface area contributed by atoms with E-state index in [1.807, 2.05) is 0 Å². The molecular weight excluding hydrogens is 318 g/mol. The van der Waals surface area contributed by atoms with E-state index in [4.69, 9.17) is 21.7 Å². The Hall–Kier alpha value is -2.87. The first-order valence-corrected chi connectivity index (χ1v) is 7.16. The third kappa shape index (κ3) is 3.32. The topological polar surface area (TPSA) is 85.7 Å². The van der Waals surface area contributed by atoms with Crippen molar-refractivity contribution in [2.24, 2.45) is 0 Å². The zero-order valence-electron chi connectivity index (χ0n) is 12.2. The van der Waals surface area contributed by atoms with E-state index >= 15 is 0 Å². The Bertz CT molecular complexity index is 794. The van der Waals surface area contributed by atoms with E-state index < -0.39 is 4.92 Å². The summed E-state index contributed by atoms with van der Waals surface area (Å²) in [5.74, 6) is 1.33. The van der Waals surface area contributed by atoms with Gasteiger partial charge in [0.25, 0.3) is 5.69 Å². The van der Waals surface area contributed by atoms with Crippen LogP contribution in [0.4, 0.5) is 17.1 Å². The first-order chi connectivity index (χ1) is 11.0. The first-order valence-electron chi connectivity index (χ1n) is 6.75. The predicted octanol–water partition coefficient (Wildman–Crippen LogP) is 3.44. The molecule has 0 amide bonds. The minimum absolute atomic E-state index is 0.0425. The molecule has 2 N–H and O–H groups in total. The fraction of sp³-hybridized carbons (Fsp3) is 0.133. The van der Waals surface area contributed by atoms with Crippen LogP contribution in [0.5, 0.6) is 11.5 Å². The fourth-order valence-electron chi connectivity index (χ4n) is 2.15. The molecule has 118 valence electrons. The van der Waals surface area contributed by atoms with Crippen LogP contribution in [0.15, 0.2) is 36.4 Å². The van der Waals surface area contributed by atoms with Gasteiger partial charge in [0.05, 0.1) is 4.92 Å². The average molecular weight is 331 g/mol. The van der Waals surface area contributed by atoms with Crippen LogP contribution in [-0.4, -0.2) is 16.8 Å². The van der Waals surface area contributed by atoms with Crippen LogP contribution in [0.2, 0.25) is 0 Å². The smallest absolute Gasteiger partial charge is 0.274 e. The molecule has 0 aliphatic carbocycles. The number of fused-ring (bicyclic) bond motifs is 1. The monoisotopic (exact) mass is 331 g/mol. The SMILES string of the molecule is Cc1ccc(NC(=S)Nc2ccc3c(c2)OCO3)cc1[N+](=O)[O-]. The number of hydrogen-bond acceptors (Lipinski definition) is 5. The van der Waals surface area contributed by atoms with Crippen molar-refractivity contribution >= 4 is 34.4 Å². The summed E-state index contributed by atoms with van der Waals surface area (Å²) in [4.78, 5) is 10.5. The standard InChI is InChI=1S/C15H13N3O4S/c1-9-2-3-10(6-12(9)18(19)20)16-15(23)17-11-4-5-13-14(7-11)22-8-21-13/h2-7H,8H2,1H3,(H2,16,17,23). The number of anilines is 2. The second kappa shape index (κ2) is 6.09. The van der Waals surface area contributed by atoms with Gasteiger partial charge < -0.3 is 20.1 Å². The van der Waals surface area contributed by atoms with Crippen LogP contribution in [0, 0.1) is 17.0 Å². The number of thiocarbonyl (C=S) groups is 1. The first kappa shape index (κ1) is 15.0. The molecule has 1 heterocycles. The summed E-state index contributed by atoms with van der Waals surface area (Å²) in [6.07, 6.45) is 0. The summed E-state index contributed by atoms with van der Waals surface area (Å²) in [5.41, 5.74) is 1.91. The maximum absolute atomic E-state index is 11.0. The minimum atomic E-state index is -0.422. The highest BCUT2D eigenvalue weighted by molar-refractivity contribution is 7.80. The van der Waals surface area contributed by atoms with Gasteiger partial charge in [-0.1, -0.05) is 6.07 Å². The number of benzene rings is 2. The third-order valence-corrected chi connectivity index (χ3v) is 3.50. The molecule has 0 fully saturated rings. The predicted molar refractivity (Wildman–Crippen MR) is 90.2 cm³/mol. The molecule has 0 radical (unpaired) electrons.